The number of esters is 1. The molecule has 1 aliphatic carbocycles. The van der Waals surface area contributed by atoms with Gasteiger partial charge < -0.3 is 14.6 Å². The molecule has 1 aliphatic heterocycles. The van der Waals surface area contributed by atoms with Crippen molar-refractivity contribution in [3.63, 3.8) is 0 Å². The number of nitrogens with zero attached hydrogens (tertiary/aromatic N) is 3. The Morgan fingerprint density at radius 3 is 2.80 bits per heavy atom. The zero-order chi connectivity index (χ0) is 21.3. The van der Waals surface area contributed by atoms with Crippen molar-refractivity contribution in [1.82, 2.24) is 20.4 Å². The Labute approximate surface area is 173 Å². The molecule has 2 heterocycles. The molecule has 9 heteroatoms. The largest absolute Gasteiger partial charge is 0.454 e. The quantitative estimate of drug-likeness (QED) is 0.593. The molecule has 0 radical (unpaired) electrons. The fourth-order valence-electron chi connectivity index (χ4n) is 4.09. The zero-order valence-electron chi connectivity index (χ0n) is 17.0. The number of nitrogens with one attached hydrogen (secondary N) is 1. The van der Waals surface area contributed by atoms with Crippen LogP contribution in [0.5, 0.6) is 0 Å². The van der Waals surface area contributed by atoms with Gasteiger partial charge in [0, 0.05) is 5.56 Å². The molecule has 1 aromatic heterocycles. The molecule has 9 nitrogen and oxygen atoms in total. The van der Waals surface area contributed by atoms with Gasteiger partial charge in [0.25, 0.3) is 11.8 Å². The van der Waals surface area contributed by atoms with E-state index in [1.54, 1.807) is 0 Å². The summed E-state index contributed by atoms with van der Waals surface area (Å²) in [7, 11) is 0. The number of imide groups is 1. The predicted octanol–water partition coefficient (Wildman–Crippen LogP) is 2.59. The maximum absolute atomic E-state index is 12.9. The summed E-state index contributed by atoms with van der Waals surface area (Å²) in [6.45, 7) is 3.26. The van der Waals surface area contributed by atoms with Gasteiger partial charge in [0.15, 0.2) is 6.61 Å². The number of urea groups is 1. The monoisotopic (exact) mass is 412 g/mol. The lowest BCUT2D eigenvalue weighted by atomic mass is 9.73. The summed E-state index contributed by atoms with van der Waals surface area (Å²) in [5, 5.41) is 6.69. The molecule has 3 amide bonds. The van der Waals surface area contributed by atoms with Crippen LogP contribution in [0.4, 0.5) is 4.79 Å². The van der Waals surface area contributed by atoms with E-state index in [2.05, 4.69) is 15.5 Å². The van der Waals surface area contributed by atoms with E-state index < -0.39 is 24.1 Å². The van der Waals surface area contributed by atoms with Crippen LogP contribution in [0, 0.1) is 12.8 Å². The molecule has 1 saturated carbocycles. The molecule has 2 atom stereocenters. The molecule has 0 unspecified atom stereocenters. The van der Waals surface area contributed by atoms with Crippen LogP contribution in [0.1, 0.15) is 44.1 Å². The molecule has 1 spiro atoms. The van der Waals surface area contributed by atoms with Gasteiger partial charge in [0.1, 0.15) is 12.1 Å². The van der Waals surface area contributed by atoms with E-state index in [1.165, 1.54) is 0 Å². The van der Waals surface area contributed by atoms with Gasteiger partial charge in [0.2, 0.25) is 5.82 Å². The lowest BCUT2D eigenvalue weighted by molar-refractivity contribution is -0.150. The highest BCUT2D eigenvalue weighted by Gasteiger charge is 2.55. The summed E-state index contributed by atoms with van der Waals surface area (Å²) in [6.07, 6.45) is 3.36. The van der Waals surface area contributed by atoms with Crippen molar-refractivity contribution in [2.45, 2.75) is 51.7 Å². The maximum Gasteiger partial charge on any atom is 0.326 e. The Morgan fingerprint density at radius 1 is 1.30 bits per heavy atom. The molecule has 4 rings (SSSR count). The molecular weight excluding hydrogens is 388 g/mol. The van der Waals surface area contributed by atoms with Crippen LogP contribution in [0.25, 0.3) is 11.4 Å². The molecule has 0 bridgehead atoms. The summed E-state index contributed by atoms with van der Waals surface area (Å²) >= 11 is 0. The Kier molecular flexibility index (Phi) is 5.27. The molecule has 1 N–H and O–H groups in total. The van der Waals surface area contributed by atoms with Gasteiger partial charge in [-0.2, -0.15) is 4.98 Å². The number of benzene rings is 1. The second-order valence-electron chi connectivity index (χ2n) is 7.98. The zero-order valence-corrected chi connectivity index (χ0v) is 17.0. The number of hydrogen-bond donors (Lipinski definition) is 1. The number of aromatic nitrogens is 2. The van der Waals surface area contributed by atoms with Crippen LogP contribution in [-0.2, 0) is 20.9 Å². The van der Waals surface area contributed by atoms with E-state index in [4.69, 9.17) is 9.26 Å². The number of carbonyl (C=O) groups is 3. The van der Waals surface area contributed by atoms with Gasteiger partial charge in [-0.25, -0.2) is 4.79 Å². The average Bonchev–Trinajstić information content (AvgIpc) is 3.29. The Bertz CT molecular complexity index is 970. The van der Waals surface area contributed by atoms with Crippen LogP contribution in [0.15, 0.2) is 28.8 Å². The third-order valence-electron chi connectivity index (χ3n) is 5.92. The van der Waals surface area contributed by atoms with E-state index in [0.717, 1.165) is 35.3 Å². The smallest absolute Gasteiger partial charge is 0.326 e. The molecule has 1 aromatic carbocycles. The highest BCUT2D eigenvalue weighted by atomic mass is 16.6. The number of ether oxygens (including phenoxy) is 1. The van der Waals surface area contributed by atoms with Crippen molar-refractivity contribution < 1.29 is 23.6 Å². The molecule has 2 fully saturated rings. The molecule has 1 saturated heterocycles. The first-order chi connectivity index (χ1) is 14.4. The van der Waals surface area contributed by atoms with Gasteiger partial charge in [-0.15, -0.1) is 0 Å². The molecule has 30 heavy (non-hydrogen) atoms. The normalized spacial score (nSPS) is 23.7. The van der Waals surface area contributed by atoms with E-state index in [9.17, 15) is 14.4 Å². The van der Waals surface area contributed by atoms with Crippen LogP contribution >= 0.6 is 0 Å². The number of carbonyl (C=O) groups excluding carboxylic acids is 3. The Morgan fingerprint density at radius 2 is 2.07 bits per heavy atom. The maximum atomic E-state index is 12.9. The van der Waals surface area contributed by atoms with Crippen LogP contribution < -0.4 is 5.32 Å². The first-order valence-corrected chi connectivity index (χ1v) is 10.1. The number of aryl methyl sites for hydroxylation is 1. The van der Waals surface area contributed by atoms with Crippen molar-refractivity contribution in [2.75, 3.05) is 6.54 Å². The SMILES string of the molecule is Cc1ccc(-c2noc(COC(=O)CN3C(=O)N[C@]4(CCCC[C@@H]4C)C3=O)n2)cc1. The number of rotatable bonds is 5. The second-order valence-corrected chi connectivity index (χ2v) is 7.98. The van der Waals surface area contributed by atoms with Crippen molar-refractivity contribution in [3.05, 3.63) is 35.7 Å². The van der Waals surface area contributed by atoms with Gasteiger partial charge >= 0.3 is 12.0 Å². The van der Waals surface area contributed by atoms with Crippen molar-refractivity contribution >= 4 is 17.9 Å². The van der Waals surface area contributed by atoms with Crippen LogP contribution in [0.2, 0.25) is 0 Å². The first kappa shape index (κ1) is 20.1. The van der Waals surface area contributed by atoms with Crippen molar-refractivity contribution in [2.24, 2.45) is 5.92 Å². The highest BCUT2D eigenvalue weighted by Crippen LogP contribution is 2.38. The fraction of sp³-hybridized carbons (Fsp3) is 0.476. The summed E-state index contributed by atoms with van der Waals surface area (Å²) in [4.78, 5) is 42.6. The summed E-state index contributed by atoms with van der Waals surface area (Å²) < 4.78 is 10.3. The second kappa shape index (κ2) is 7.89. The Balaban J connectivity index is 1.35. The minimum absolute atomic E-state index is 0.0299. The van der Waals surface area contributed by atoms with Gasteiger partial charge in [-0.3, -0.25) is 14.5 Å². The summed E-state index contributed by atoms with van der Waals surface area (Å²) in [6, 6.07) is 7.06. The van der Waals surface area contributed by atoms with Gasteiger partial charge in [-0.1, -0.05) is 54.8 Å². The third kappa shape index (κ3) is 3.67. The fourth-order valence-corrected chi connectivity index (χ4v) is 4.09. The Hall–Kier alpha value is -3.23. The molecule has 2 aliphatic rings. The van der Waals surface area contributed by atoms with Crippen molar-refractivity contribution in [3.8, 4) is 11.4 Å². The lowest BCUT2D eigenvalue weighted by Crippen LogP contribution is -2.54. The number of amides is 3. The van der Waals surface area contributed by atoms with E-state index in [-0.39, 0.29) is 24.3 Å². The van der Waals surface area contributed by atoms with E-state index >= 15 is 0 Å². The summed E-state index contributed by atoms with van der Waals surface area (Å²) in [5.41, 5.74) is 1.000. The average molecular weight is 412 g/mol. The minimum Gasteiger partial charge on any atom is -0.454 e. The summed E-state index contributed by atoms with van der Waals surface area (Å²) in [5.74, 6) is -0.510. The van der Waals surface area contributed by atoms with Gasteiger partial charge in [-0.05, 0) is 25.7 Å². The van der Waals surface area contributed by atoms with Crippen LogP contribution in [0.3, 0.4) is 0 Å². The third-order valence-corrected chi connectivity index (χ3v) is 5.92. The van der Waals surface area contributed by atoms with E-state index in [0.29, 0.717) is 12.2 Å². The lowest BCUT2D eigenvalue weighted by Gasteiger charge is -2.36. The van der Waals surface area contributed by atoms with Gasteiger partial charge in [0.05, 0.1) is 0 Å². The first-order valence-electron chi connectivity index (χ1n) is 10.1. The molecule has 158 valence electrons. The molecular formula is C21H24N4O5. The molecule has 2 aromatic rings. The van der Waals surface area contributed by atoms with E-state index in [1.807, 2.05) is 38.1 Å². The minimum atomic E-state index is -0.898. The number of hydrogen-bond acceptors (Lipinski definition) is 7. The van der Waals surface area contributed by atoms with Crippen LogP contribution in [-0.4, -0.2) is 45.0 Å². The predicted molar refractivity (Wildman–Crippen MR) is 105 cm³/mol. The van der Waals surface area contributed by atoms with Crippen molar-refractivity contribution in [1.29, 1.82) is 0 Å². The highest BCUT2D eigenvalue weighted by molar-refractivity contribution is 6.08. The standard InChI is InChI=1S/C21H24N4O5/c1-13-6-8-15(9-7-13)18-22-16(30-24-18)12-29-17(26)11-25-19(27)21(23-20(25)28)10-4-3-5-14(21)2/h6-9,14H,3-5,10-12H2,1-2H3,(H,23,28)/t14-,21-/m0/s1. The topological polar surface area (TPSA) is 115 Å².